The number of aliphatic carboxylic acids is 1. The van der Waals surface area contributed by atoms with E-state index in [2.05, 4.69) is 16.3 Å². The van der Waals surface area contributed by atoms with Gasteiger partial charge in [-0.2, -0.15) is 0 Å². The summed E-state index contributed by atoms with van der Waals surface area (Å²) in [4.78, 5) is 28.8. The van der Waals surface area contributed by atoms with Crippen LogP contribution in [0.2, 0.25) is 0 Å². The predicted molar refractivity (Wildman–Crippen MR) is 60.2 cm³/mol. The molecule has 3 aliphatic rings. The molecule has 5 unspecified atom stereocenters. The fourth-order valence-corrected chi connectivity index (χ4v) is 3.40. The molecule has 5 atom stereocenters. The summed E-state index contributed by atoms with van der Waals surface area (Å²) in [6, 6.07) is -0.777. The third kappa shape index (κ3) is 1.83. The van der Waals surface area contributed by atoms with Gasteiger partial charge in [0.1, 0.15) is 11.8 Å². The van der Waals surface area contributed by atoms with Gasteiger partial charge in [0, 0.05) is 18.4 Å². The van der Waals surface area contributed by atoms with E-state index in [0.29, 0.717) is 6.42 Å². The average molecular weight is 255 g/mol. The van der Waals surface area contributed by atoms with Gasteiger partial charge in [-0.15, -0.1) is 5.59 Å². The van der Waals surface area contributed by atoms with E-state index in [1.54, 1.807) is 0 Å². The van der Waals surface area contributed by atoms with Crippen molar-refractivity contribution in [1.29, 1.82) is 0 Å². The molecule has 4 N–H and O–H groups in total. The highest BCUT2D eigenvalue weighted by molar-refractivity contribution is 5.90. The number of hydrogen-bond donors (Lipinski definition) is 4. The molecular formula is C11H17N3O4. The zero-order valence-corrected chi connectivity index (χ0v) is 9.89. The molecule has 0 amide bonds. The first-order valence-corrected chi connectivity index (χ1v) is 6.33. The minimum atomic E-state index is -1.02. The summed E-state index contributed by atoms with van der Waals surface area (Å²) in [5.74, 6) is -1.43. The van der Waals surface area contributed by atoms with Gasteiger partial charge in [0.2, 0.25) is 0 Å². The molecule has 0 radical (unpaired) electrons. The van der Waals surface area contributed by atoms with E-state index < -0.39 is 17.9 Å². The molecule has 18 heavy (non-hydrogen) atoms. The Kier molecular flexibility index (Phi) is 3.06. The number of carbonyl (C=O) groups is 2. The Morgan fingerprint density at radius 3 is 3.06 bits per heavy atom. The molecule has 3 fully saturated rings. The van der Waals surface area contributed by atoms with Gasteiger partial charge in [-0.25, -0.2) is 5.43 Å². The molecule has 100 valence electrons. The van der Waals surface area contributed by atoms with Crippen molar-refractivity contribution in [2.24, 2.45) is 11.8 Å². The smallest absolute Gasteiger partial charge is 0.322 e. The number of carboxylic acid groups (broad SMARTS) is 1. The van der Waals surface area contributed by atoms with Crippen LogP contribution < -0.4 is 16.3 Å². The second kappa shape index (κ2) is 4.58. The van der Waals surface area contributed by atoms with Gasteiger partial charge >= 0.3 is 5.97 Å². The molecule has 0 aromatic carbocycles. The number of Topliss-reactive ketones (excluding diaryl/α,β-unsaturated/α-hetero) is 1. The zero-order valence-electron chi connectivity index (χ0n) is 9.89. The minimum Gasteiger partial charge on any atom is -0.480 e. The highest BCUT2D eigenvalue weighted by atomic mass is 16.7. The predicted octanol–water partition coefficient (Wildman–Crippen LogP) is -1.20. The lowest BCUT2D eigenvalue weighted by Gasteiger charge is -2.48. The second-order valence-corrected chi connectivity index (χ2v) is 5.21. The Hall–Kier alpha value is -1.02. The summed E-state index contributed by atoms with van der Waals surface area (Å²) in [5, 5.41) is 12.5. The molecule has 0 aromatic heterocycles. The van der Waals surface area contributed by atoms with Gasteiger partial charge in [0.25, 0.3) is 0 Å². The van der Waals surface area contributed by atoms with Gasteiger partial charge in [0.05, 0.1) is 12.0 Å². The fraction of sp³-hybridized carbons (Fsp3) is 0.818. The number of piperidine rings is 1. The van der Waals surface area contributed by atoms with Crippen LogP contribution >= 0.6 is 0 Å². The van der Waals surface area contributed by atoms with Crippen molar-refractivity contribution in [1.82, 2.24) is 16.3 Å². The van der Waals surface area contributed by atoms with Crippen LogP contribution in [-0.4, -0.2) is 41.6 Å². The Balaban J connectivity index is 1.87. The summed E-state index contributed by atoms with van der Waals surface area (Å²) in [6.07, 6.45) is 2.06. The number of nitrogens with one attached hydrogen (secondary N) is 3. The second-order valence-electron chi connectivity index (χ2n) is 5.21. The van der Waals surface area contributed by atoms with E-state index in [4.69, 9.17) is 9.94 Å². The van der Waals surface area contributed by atoms with E-state index in [0.717, 1.165) is 19.4 Å². The van der Waals surface area contributed by atoms with E-state index >= 15 is 0 Å². The summed E-state index contributed by atoms with van der Waals surface area (Å²) in [7, 11) is 0. The van der Waals surface area contributed by atoms with Crippen LogP contribution in [0.1, 0.15) is 19.3 Å². The van der Waals surface area contributed by atoms with Crippen LogP contribution in [-0.2, 0) is 14.4 Å². The van der Waals surface area contributed by atoms with Crippen molar-refractivity contribution in [3.05, 3.63) is 0 Å². The molecule has 1 aliphatic carbocycles. The lowest BCUT2D eigenvalue weighted by Crippen LogP contribution is -2.68. The fourth-order valence-electron chi connectivity index (χ4n) is 3.40. The van der Waals surface area contributed by atoms with Crippen molar-refractivity contribution >= 4 is 11.8 Å². The Bertz CT molecular complexity index is 375. The van der Waals surface area contributed by atoms with Crippen molar-refractivity contribution in [2.75, 3.05) is 6.54 Å². The summed E-state index contributed by atoms with van der Waals surface area (Å²) in [5.41, 5.74) is 4.99. The van der Waals surface area contributed by atoms with Crippen LogP contribution in [0, 0.1) is 11.8 Å². The summed E-state index contributed by atoms with van der Waals surface area (Å²) < 4.78 is 0. The maximum Gasteiger partial charge on any atom is 0.322 e. The molecule has 2 saturated heterocycles. The van der Waals surface area contributed by atoms with Gasteiger partial charge in [-0.1, -0.05) is 0 Å². The largest absolute Gasteiger partial charge is 0.480 e. The SMILES string of the molecule is O=C(O)C1NNOC2C3CCCNC3CC(=O)C12. The number of hydrazine groups is 1. The Morgan fingerprint density at radius 2 is 2.28 bits per heavy atom. The van der Waals surface area contributed by atoms with Crippen molar-refractivity contribution < 1.29 is 19.5 Å². The molecular weight excluding hydrogens is 238 g/mol. The quantitative estimate of drug-likeness (QED) is 0.467. The first-order valence-electron chi connectivity index (χ1n) is 6.33. The lowest BCUT2D eigenvalue weighted by atomic mass is 9.69. The summed E-state index contributed by atoms with van der Waals surface area (Å²) >= 11 is 0. The highest BCUT2D eigenvalue weighted by Gasteiger charge is 2.52. The van der Waals surface area contributed by atoms with Crippen LogP contribution in [0.3, 0.4) is 0 Å². The van der Waals surface area contributed by atoms with Gasteiger partial charge in [-0.05, 0) is 19.4 Å². The molecule has 2 heterocycles. The van der Waals surface area contributed by atoms with Crippen molar-refractivity contribution in [3.63, 3.8) is 0 Å². The van der Waals surface area contributed by atoms with Crippen LogP contribution in [0.4, 0.5) is 0 Å². The lowest BCUT2D eigenvalue weighted by molar-refractivity contribution is -0.190. The number of rotatable bonds is 1. The number of ketones is 1. The van der Waals surface area contributed by atoms with Gasteiger partial charge in [0.15, 0.2) is 0 Å². The highest BCUT2D eigenvalue weighted by Crippen LogP contribution is 2.37. The number of fused-ring (bicyclic) bond motifs is 3. The monoisotopic (exact) mass is 255 g/mol. The third-order valence-electron chi connectivity index (χ3n) is 4.24. The van der Waals surface area contributed by atoms with Crippen molar-refractivity contribution in [3.8, 4) is 0 Å². The van der Waals surface area contributed by atoms with E-state index in [1.807, 2.05) is 0 Å². The third-order valence-corrected chi connectivity index (χ3v) is 4.24. The van der Waals surface area contributed by atoms with Crippen LogP contribution in [0.5, 0.6) is 0 Å². The first-order chi connectivity index (χ1) is 8.68. The number of carboxylic acids is 1. The van der Waals surface area contributed by atoms with E-state index in [1.165, 1.54) is 0 Å². The maximum absolute atomic E-state index is 12.1. The zero-order chi connectivity index (χ0) is 12.7. The first kappa shape index (κ1) is 12.0. The van der Waals surface area contributed by atoms with Gasteiger partial charge < -0.3 is 10.4 Å². The normalized spacial score (nSPS) is 44.0. The van der Waals surface area contributed by atoms with E-state index in [9.17, 15) is 9.59 Å². The van der Waals surface area contributed by atoms with E-state index in [-0.39, 0.29) is 23.8 Å². The Morgan fingerprint density at radius 1 is 1.44 bits per heavy atom. The minimum absolute atomic E-state index is 0.0305. The molecule has 1 saturated carbocycles. The molecule has 0 aromatic rings. The molecule has 0 spiro atoms. The number of carbonyl (C=O) groups excluding carboxylic acids is 1. The standard InChI is InChI=1S/C11H17N3O4/c15-7-4-6-5(2-1-3-12-6)10-8(7)9(11(16)17)13-14-18-10/h5-6,8-10,12-14H,1-4H2,(H,16,17). The maximum atomic E-state index is 12.1. The van der Waals surface area contributed by atoms with Crippen molar-refractivity contribution in [2.45, 2.75) is 37.5 Å². The topological polar surface area (TPSA) is 99.7 Å². The van der Waals surface area contributed by atoms with Gasteiger partial charge in [-0.3, -0.25) is 14.4 Å². The van der Waals surface area contributed by atoms with Crippen LogP contribution in [0.15, 0.2) is 0 Å². The number of hydrogen-bond acceptors (Lipinski definition) is 6. The molecule has 7 heteroatoms. The molecule has 7 nitrogen and oxygen atoms in total. The average Bonchev–Trinajstić information content (AvgIpc) is 2.38. The van der Waals surface area contributed by atoms with Crippen LogP contribution in [0.25, 0.3) is 0 Å². The molecule has 0 bridgehead atoms. The summed E-state index contributed by atoms with van der Waals surface area (Å²) in [6.45, 7) is 0.917. The molecule has 2 aliphatic heterocycles. The Labute approximate surface area is 104 Å². The molecule has 3 rings (SSSR count).